The summed E-state index contributed by atoms with van der Waals surface area (Å²) < 4.78 is 1.04. The molecule has 1 unspecified atom stereocenters. The maximum absolute atomic E-state index is 6.34. The Morgan fingerprint density at radius 2 is 2.11 bits per heavy atom. The van der Waals surface area contributed by atoms with Crippen molar-refractivity contribution in [1.82, 2.24) is 10.2 Å². The van der Waals surface area contributed by atoms with Gasteiger partial charge >= 0.3 is 0 Å². The van der Waals surface area contributed by atoms with E-state index in [0.717, 1.165) is 35.0 Å². The molecule has 1 aliphatic rings. The van der Waals surface area contributed by atoms with Gasteiger partial charge in [-0.1, -0.05) is 33.6 Å². The lowest BCUT2D eigenvalue weighted by molar-refractivity contribution is 0.197. The van der Waals surface area contributed by atoms with Gasteiger partial charge in [-0.15, -0.1) is 0 Å². The van der Waals surface area contributed by atoms with Crippen molar-refractivity contribution >= 4 is 27.5 Å². The van der Waals surface area contributed by atoms with Crippen LogP contribution in [0.3, 0.4) is 0 Å². The highest BCUT2D eigenvalue weighted by atomic mass is 79.9. The second-order valence-electron chi connectivity index (χ2n) is 5.47. The maximum atomic E-state index is 6.34. The summed E-state index contributed by atoms with van der Waals surface area (Å²) >= 11 is 9.80. The van der Waals surface area contributed by atoms with E-state index in [1.807, 2.05) is 6.07 Å². The van der Waals surface area contributed by atoms with Crippen molar-refractivity contribution in [1.29, 1.82) is 0 Å². The Hall–Kier alpha value is -0.0900. The van der Waals surface area contributed by atoms with E-state index in [1.165, 1.54) is 18.4 Å². The highest BCUT2D eigenvalue weighted by Crippen LogP contribution is 2.30. The molecule has 1 N–H and O–H groups in total. The van der Waals surface area contributed by atoms with Gasteiger partial charge in [-0.2, -0.15) is 0 Å². The van der Waals surface area contributed by atoms with E-state index in [-0.39, 0.29) is 0 Å². The normalized spacial score (nSPS) is 18.8. The molecule has 0 aliphatic carbocycles. The van der Waals surface area contributed by atoms with Gasteiger partial charge in [0.25, 0.3) is 0 Å². The minimum Gasteiger partial charge on any atom is -0.317 e. The zero-order valence-electron chi connectivity index (χ0n) is 11.6. The number of hydrogen-bond acceptors (Lipinski definition) is 2. The molecule has 1 fully saturated rings. The second kappa shape index (κ2) is 7.07. The van der Waals surface area contributed by atoms with Crippen LogP contribution in [-0.4, -0.2) is 31.6 Å². The minimum absolute atomic E-state index is 0.357. The van der Waals surface area contributed by atoms with Crippen molar-refractivity contribution in [3.8, 4) is 0 Å². The zero-order chi connectivity index (χ0) is 13.8. The Morgan fingerprint density at radius 3 is 2.74 bits per heavy atom. The minimum atomic E-state index is 0.357. The summed E-state index contributed by atoms with van der Waals surface area (Å²) in [6.45, 7) is 5.70. The molecule has 0 spiro atoms. The molecule has 1 saturated heterocycles. The molecule has 1 heterocycles. The lowest BCUT2D eigenvalue weighted by Gasteiger charge is -2.31. The molecule has 19 heavy (non-hydrogen) atoms. The molecule has 0 saturated carbocycles. The first kappa shape index (κ1) is 15.3. The summed E-state index contributed by atoms with van der Waals surface area (Å²) in [4.78, 5) is 2.42. The monoisotopic (exact) mass is 344 g/mol. The van der Waals surface area contributed by atoms with Crippen molar-refractivity contribution in [2.75, 3.05) is 26.7 Å². The van der Waals surface area contributed by atoms with Gasteiger partial charge in [0.2, 0.25) is 0 Å². The molecule has 106 valence electrons. The zero-order valence-corrected chi connectivity index (χ0v) is 14.0. The predicted molar refractivity (Wildman–Crippen MR) is 85.8 cm³/mol. The first-order chi connectivity index (χ1) is 9.08. The first-order valence-corrected chi connectivity index (χ1v) is 8.11. The third-order valence-corrected chi connectivity index (χ3v) is 4.90. The van der Waals surface area contributed by atoms with Gasteiger partial charge in [-0.05, 0) is 63.5 Å². The van der Waals surface area contributed by atoms with E-state index in [9.17, 15) is 0 Å². The Labute approximate surface area is 129 Å². The van der Waals surface area contributed by atoms with Gasteiger partial charge < -0.3 is 5.32 Å². The molecule has 1 aromatic carbocycles. The summed E-state index contributed by atoms with van der Waals surface area (Å²) in [7, 11) is 2.20. The van der Waals surface area contributed by atoms with E-state index >= 15 is 0 Å². The molecule has 0 amide bonds. The Balaban J connectivity index is 1.99. The van der Waals surface area contributed by atoms with Crippen molar-refractivity contribution in [3.63, 3.8) is 0 Å². The standard InChI is InChI=1S/C15H22BrClN2/c1-11(14-4-3-13(16)9-15(14)17)19(2)10-12-5-7-18-8-6-12/h3-4,9,11-12,18H,5-8,10H2,1-2H3. The highest BCUT2D eigenvalue weighted by molar-refractivity contribution is 9.10. The third-order valence-electron chi connectivity index (χ3n) is 4.08. The lowest BCUT2D eigenvalue weighted by Crippen LogP contribution is -2.35. The van der Waals surface area contributed by atoms with Crippen LogP contribution in [-0.2, 0) is 0 Å². The van der Waals surface area contributed by atoms with Gasteiger partial charge in [0.15, 0.2) is 0 Å². The number of hydrogen-bond donors (Lipinski definition) is 1. The van der Waals surface area contributed by atoms with Crippen LogP contribution in [0.15, 0.2) is 22.7 Å². The van der Waals surface area contributed by atoms with Crippen LogP contribution in [0, 0.1) is 5.92 Å². The molecular formula is C15H22BrClN2. The first-order valence-electron chi connectivity index (χ1n) is 6.94. The summed E-state index contributed by atoms with van der Waals surface area (Å²) in [6.07, 6.45) is 2.57. The van der Waals surface area contributed by atoms with Crippen LogP contribution in [0.2, 0.25) is 5.02 Å². The van der Waals surface area contributed by atoms with Crippen molar-refractivity contribution in [2.45, 2.75) is 25.8 Å². The fraction of sp³-hybridized carbons (Fsp3) is 0.600. The van der Waals surface area contributed by atoms with Crippen molar-refractivity contribution in [2.24, 2.45) is 5.92 Å². The number of nitrogens with zero attached hydrogens (tertiary/aromatic N) is 1. The fourth-order valence-electron chi connectivity index (χ4n) is 2.71. The molecular weight excluding hydrogens is 324 g/mol. The van der Waals surface area contributed by atoms with Gasteiger partial charge in [0, 0.05) is 22.1 Å². The number of piperidine rings is 1. The molecule has 4 heteroatoms. The van der Waals surface area contributed by atoms with E-state index in [1.54, 1.807) is 0 Å². The molecule has 1 aromatic rings. The van der Waals surface area contributed by atoms with Gasteiger partial charge in [-0.3, -0.25) is 4.90 Å². The summed E-state index contributed by atoms with van der Waals surface area (Å²) in [5, 5.41) is 4.27. The Kier molecular flexibility index (Phi) is 5.70. The average molecular weight is 346 g/mol. The van der Waals surface area contributed by atoms with E-state index in [2.05, 4.69) is 52.3 Å². The highest BCUT2D eigenvalue weighted by Gasteiger charge is 2.20. The van der Waals surface area contributed by atoms with Crippen LogP contribution in [0.5, 0.6) is 0 Å². The quantitative estimate of drug-likeness (QED) is 0.884. The summed E-state index contributed by atoms with van der Waals surface area (Å²) in [5.41, 5.74) is 1.21. The molecule has 1 aliphatic heterocycles. The molecule has 2 nitrogen and oxygen atoms in total. The lowest BCUT2D eigenvalue weighted by atomic mass is 9.96. The van der Waals surface area contributed by atoms with Crippen molar-refractivity contribution in [3.05, 3.63) is 33.3 Å². The fourth-order valence-corrected chi connectivity index (χ4v) is 3.54. The van der Waals surface area contributed by atoms with Crippen LogP contribution < -0.4 is 5.32 Å². The SMILES string of the molecule is CC(c1ccc(Br)cc1Cl)N(C)CC1CCNCC1. The molecule has 2 rings (SSSR count). The molecule has 1 atom stereocenters. The molecule has 0 radical (unpaired) electrons. The number of halogens is 2. The van der Waals surface area contributed by atoms with E-state index in [0.29, 0.717) is 6.04 Å². The van der Waals surface area contributed by atoms with E-state index < -0.39 is 0 Å². The van der Waals surface area contributed by atoms with Gasteiger partial charge in [0.1, 0.15) is 0 Å². The van der Waals surface area contributed by atoms with Crippen molar-refractivity contribution < 1.29 is 0 Å². The van der Waals surface area contributed by atoms with Crippen LogP contribution in [0.4, 0.5) is 0 Å². The Bertz CT molecular complexity index is 419. The Morgan fingerprint density at radius 1 is 1.42 bits per heavy atom. The summed E-state index contributed by atoms with van der Waals surface area (Å²) in [5.74, 6) is 0.808. The second-order valence-corrected chi connectivity index (χ2v) is 6.80. The van der Waals surface area contributed by atoms with Crippen LogP contribution >= 0.6 is 27.5 Å². The number of rotatable bonds is 4. The molecule has 0 bridgehead atoms. The van der Waals surface area contributed by atoms with Gasteiger partial charge in [0.05, 0.1) is 0 Å². The van der Waals surface area contributed by atoms with E-state index in [4.69, 9.17) is 11.6 Å². The van der Waals surface area contributed by atoms with Gasteiger partial charge in [-0.25, -0.2) is 0 Å². The van der Waals surface area contributed by atoms with Crippen LogP contribution in [0.25, 0.3) is 0 Å². The largest absolute Gasteiger partial charge is 0.317 e. The third kappa shape index (κ3) is 4.19. The number of benzene rings is 1. The molecule has 0 aromatic heterocycles. The topological polar surface area (TPSA) is 15.3 Å². The number of nitrogens with one attached hydrogen (secondary N) is 1. The predicted octanol–water partition coefficient (Wildman–Crippen LogP) is 4.09. The maximum Gasteiger partial charge on any atom is 0.0464 e. The summed E-state index contributed by atoms with van der Waals surface area (Å²) in [6, 6.07) is 6.52. The van der Waals surface area contributed by atoms with Crippen LogP contribution in [0.1, 0.15) is 31.4 Å². The smallest absolute Gasteiger partial charge is 0.0464 e. The average Bonchev–Trinajstić information content (AvgIpc) is 2.39.